The van der Waals surface area contributed by atoms with Crippen LogP contribution in [0.2, 0.25) is 0 Å². The topological polar surface area (TPSA) is 15.3 Å². The second kappa shape index (κ2) is 4.84. The van der Waals surface area contributed by atoms with Crippen molar-refractivity contribution in [1.82, 2.24) is 10.4 Å². The predicted molar refractivity (Wildman–Crippen MR) is 64.6 cm³/mol. The maximum Gasteiger partial charge on any atom is 0.0215 e. The second-order valence-corrected chi connectivity index (χ2v) is 6.12. The first-order chi connectivity index (χ1) is 7.16. The van der Waals surface area contributed by atoms with Crippen molar-refractivity contribution in [3.8, 4) is 0 Å². The van der Waals surface area contributed by atoms with E-state index in [-0.39, 0.29) is 0 Å². The van der Waals surface area contributed by atoms with Crippen LogP contribution in [0.15, 0.2) is 0 Å². The third-order valence-electron chi connectivity index (χ3n) is 4.06. The molecule has 0 aromatic heterocycles. The van der Waals surface area contributed by atoms with Crippen molar-refractivity contribution < 1.29 is 0 Å². The van der Waals surface area contributed by atoms with Crippen LogP contribution in [0.3, 0.4) is 0 Å². The highest BCUT2D eigenvalue weighted by Crippen LogP contribution is 2.35. The lowest BCUT2D eigenvalue weighted by molar-refractivity contribution is 0.0927. The number of hydrogen-bond donors (Lipinski definition) is 1. The molecule has 1 saturated carbocycles. The maximum absolute atomic E-state index is 3.73. The van der Waals surface area contributed by atoms with Crippen LogP contribution < -0.4 is 5.43 Å². The van der Waals surface area contributed by atoms with Gasteiger partial charge in [-0.2, -0.15) is 0 Å². The summed E-state index contributed by atoms with van der Waals surface area (Å²) in [5.74, 6) is 0. The molecule has 0 aromatic carbocycles. The molecule has 2 aliphatic rings. The number of hydrazine groups is 1. The zero-order valence-electron chi connectivity index (χ0n) is 10.4. The Labute approximate surface area is 94.4 Å². The summed E-state index contributed by atoms with van der Waals surface area (Å²) in [6.45, 7) is 7.34. The average molecular weight is 210 g/mol. The Morgan fingerprint density at radius 1 is 1.00 bits per heavy atom. The van der Waals surface area contributed by atoms with Crippen LogP contribution in [0.5, 0.6) is 0 Å². The van der Waals surface area contributed by atoms with E-state index in [9.17, 15) is 0 Å². The first-order valence-corrected chi connectivity index (χ1v) is 6.67. The van der Waals surface area contributed by atoms with Crippen LogP contribution in [-0.4, -0.2) is 24.1 Å². The second-order valence-electron chi connectivity index (χ2n) is 6.12. The quantitative estimate of drug-likeness (QED) is 0.754. The van der Waals surface area contributed by atoms with Crippen LogP contribution in [-0.2, 0) is 0 Å². The molecular weight excluding hydrogens is 184 g/mol. The monoisotopic (exact) mass is 210 g/mol. The molecule has 2 fully saturated rings. The third-order valence-corrected chi connectivity index (χ3v) is 4.06. The van der Waals surface area contributed by atoms with Crippen LogP contribution in [0.1, 0.15) is 58.8 Å². The molecule has 0 atom stereocenters. The van der Waals surface area contributed by atoms with Gasteiger partial charge in [0.2, 0.25) is 0 Å². The summed E-state index contributed by atoms with van der Waals surface area (Å²) >= 11 is 0. The van der Waals surface area contributed by atoms with Crippen molar-refractivity contribution in [2.75, 3.05) is 13.1 Å². The molecular formula is C13H26N2. The summed E-state index contributed by atoms with van der Waals surface area (Å²) in [6.07, 6.45) is 9.69. The minimum atomic E-state index is 0.597. The van der Waals surface area contributed by atoms with E-state index < -0.39 is 0 Å². The highest BCUT2D eigenvalue weighted by molar-refractivity contribution is 4.81. The molecule has 2 heteroatoms. The smallest absolute Gasteiger partial charge is 0.0215 e. The average Bonchev–Trinajstić information content (AvgIpc) is 2.23. The first-order valence-electron chi connectivity index (χ1n) is 6.67. The van der Waals surface area contributed by atoms with E-state index in [2.05, 4.69) is 24.3 Å². The summed E-state index contributed by atoms with van der Waals surface area (Å²) in [7, 11) is 0. The van der Waals surface area contributed by atoms with Crippen LogP contribution in [0, 0.1) is 5.41 Å². The van der Waals surface area contributed by atoms with E-state index in [0.717, 1.165) is 6.04 Å². The zero-order chi connectivity index (χ0) is 10.7. The standard InChI is InChI=1S/C13H26N2/c1-13(2)8-6-12(7-9-13)14-15-10-4-3-5-11-15/h12,14H,3-11H2,1-2H3. The Balaban J connectivity index is 1.71. The zero-order valence-corrected chi connectivity index (χ0v) is 10.4. The fourth-order valence-electron chi connectivity index (χ4n) is 2.81. The molecule has 0 unspecified atom stereocenters. The van der Waals surface area contributed by atoms with E-state index in [4.69, 9.17) is 0 Å². The van der Waals surface area contributed by atoms with Crippen molar-refractivity contribution in [3.05, 3.63) is 0 Å². The van der Waals surface area contributed by atoms with Gasteiger partial charge in [0.25, 0.3) is 0 Å². The lowest BCUT2D eigenvalue weighted by Crippen LogP contribution is -2.48. The molecule has 2 rings (SSSR count). The van der Waals surface area contributed by atoms with Gasteiger partial charge in [-0.15, -0.1) is 0 Å². The fraction of sp³-hybridized carbons (Fsp3) is 1.00. The molecule has 1 N–H and O–H groups in total. The van der Waals surface area contributed by atoms with Gasteiger partial charge in [-0.05, 0) is 43.9 Å². The molecule has 0 bridgehead atoms. The molecule has 1 aliphatic carbocycles. The Morgan fingerprint density at radius 3 is 2.20 bits per heavy atom. The SMILES string of the molecule is CC1(C)CCC(NN2CCCCC2)CC1. The van der Waals surface area contributed by atoms with Crippen LogP contribution in [0.4, 0.5) is 0 Å². The van der Waals surface area contributed by atoms with Crippen LogP contribution >= 0.6 is 0 Å². The maximum atomic E-state index is 3.73. The van der Waals surface area contributed by atoms with Gasteiger partial charge in [-0.1, -0.05) is 20.3 Å². The number of rotatable bonds is 2. The van der Waals surface area contributed by atoms with Gasteiger partial charge >= 0.3 is 0 Å². The van der Waals surface area contributed by atoms with Gasteiger partial charge in [-0.3, -0.25) is 5.43 Å². The van der Waals surface area contributed by atoms with Gasteiger partial charge in [0.05, 0.1) is 0 Å². The normalized spacial score (nSPS) is 29.2. The summed E-state index contributed by atoms with van der Waals surface area (Å²) in [4.78, 5) is 0. The van der Waals surface area contributed by atoms with E-state index in [1.54, 1.807) is 0 Å². The van der Waals surface area contributed by atoms with E-state index in [0.29, 0.717) is 5.41 Å². The first kappa shape index (κ1) is 11.4. The van der Waals surface area contributed by atoms with Crippen molar-refractivity contribution in [1.29, 1.82) is 0 Å². The fourth-order valence-corrected chi connectivity index (χ4v) is 2.81. The molecule has 2 nitrogen and oxygen atoms in total. The van der Waals surface area contributed by atoms with Gasteiger partial charge in [0.1, 0.15) is 0 Å². The lowest BCUT2D eigenvalue weighted by atomic mass is 9.76. The van der Waals surface area contributed by atoms with E-state index in [1.165, 1.54) is 58.0 Å². The van der Waals surface area contributed by atoms with Gasteiger partial charge < -0.3 is 0 Å². The molecule has 88 valence electrons. The third kappa shape index (κ3) is 3.46. The number of nitrogens with one attached hydrogen (secondary N) is 1. The lowest BCUT2D eigenvalue weighted by Gasteiger charge is -2.38. The summed E-state index contributed by atoms with van der Waals surface area (Å²) < 4.78 is 0. The molecule has 1 aliphatic heterocycles. The Bertz CT molecular complexity index is 185. The van der Waals surface area contributed by atoms with Gasteiger partial charge in [-0.25, -0.2) is 5.01 Å². The summed E-state index contributed by atoms with van der Waals surface area (Å²) in [5.41, 5.74) is 4.33. The van der Waals surface area contributed by atoms with Crippen molar-refractivity contribution in [2.24, 2.45) is 5.41 Å². The molecule has 0 amide bonds. The minimum Gasteiger partial charge on any atom is -0.252 e. The van der Waals surface area contributed by atoms with Crippen molar-refractivity contribution in [2.45, 2.75) is 64.8 Å². The summed E-state index contributed by atoms with van der Waals surface area (Å²) in [6, 6.07) is 0.760. The molecule has 0 radical (unpaired) electrons. The highest BCUT2D eigenvalue weighted by Gasteiger charge is 2.27. The van der Waals surface area contributed by atoms with Crippen molar-refractivity contribution >= 4 is 0 Å². The molecule has 0 spiro atoms. The van der Waals surface area contributed by atoms with E-state index >= 15 is 0 Å². The summed E-state index contributed by atoms with van der Waals surface area (Å²) in [5, 5.41) is 2.46. The largest absolute Gasteiger partial charge is 0.252 e. The molecule has 1 saturated heterocycles. The van der Waals surface area contributed by atoms with Gasteiger partial charge in [0, 0.05) is 19.1 Å². The molecule has 15 heavy (non-hydrogen) atoms. The predicted octanol–water partition coefficient (Wildman–Crippen LogP) is 2.95. The molecule has 1 heterocycles. The number of piperidine rings is 1. The number of nitrogens with zero attached hydrogens (tertiary/aromatic N) is 1. The molecule has 0 aromatic rings. The van der Waals surface area contributed by atoms with Gasteiger partial charge in [0.15, 0.2) is 0 Å². The van der Waals surface area contributed by atoms with Crippen molar-refractivity contribution in [3.63, 3.8) is 0 Å². The van der Waals surface area contributed by atoms with Crippen LogP contribution in [0.25, 0.3) is 0 Å². The Hall–Kier alpha value is -0.0800. The van der Waals surface area contributed by atoms with E-state index in [1.807, 2.05) is 0 Å². The Kier molecular flexibility index (Phi) is 3.68. The highest BCUT2D eigenvalue weighted by atomic mass is 15.5. The Morgan fingerprint density at radius 2 is 1.60 bits per heavy atom. The minimum absolute atomic E-state index is 0.597. The number of hydrogen-bond acceptors (Lipinski definition) is 2.